The van der Waals surface area contributed by atoms with Gasteiger partial charge in [0.1, 0.15) is 5.60 Å². The predicted octanol–water partition coefficient (Wildman–Crippen LogP) is 2.28. The highest BCUT2D eigenvalue weighted by Gasteiger charge is 2.15. The maximum atomic E-state index is 11.6. The highest BCUT2D eigenvalue weighted by Crippen LogP contribution is 2.06. The summed E-state index contributed by atoms with van der Waals surface area (Å²) in [6.07, 6.45) is -0.421. The first-order valence-corrected chi connectivity index (χ1v) is 9.01. The van der Waals surface area contributed by atoms with Crippen molar-refractivity contribution in [2.24, 2.45) is 4.99 Å². The zero-order chi connectivity index (χ0) is 19.3. The van der Waals surface area contributed by atoms with E-state index < -0.39 is 11.7 Å². The molecule has 26 heavy (non-hydrogen) atoms. The number of hydrogen-bond acceptors (Lipinski definition) is 4. The molecule has 7 heteroatoms. The van der Waals surface area contributed by atoms with Crippen molar-refractivity contribution in [3.63, 3.8) is 0 Å². The first-order valence-electron chi connectivity index (χ1n) is 9.01. The Kier molecular flexibility index (Phi) is 10.2. The Balaban J connectivity index is 2.21. The highest BCUT2D eigenvalue weighted by molar-refractivity contribution is 5.79. The number of alkyl carbamates (subject to hydrolysis) is 1. The fourth-order valence-electron chi connectivity index (χ4n) is 1.99. The van der Waals surface area contributed by atoms with Gasteiger partial charge in [-0.15, -0.1) is 0 Å². The molecule has 3 N–H and O–H groups in total. The van der Waals surface area contributed by atoms with Crippen LogP contribution in [0.5, 0.6) is 0 Å². The lowest BCUT2D eigenvalue weighted by molar-refractivity contribution is 0.0529. The van der Waals surface area contributed by atoms with Crippen LogP contribution in [0.15, 0.2) is 35.3 Å². The molecule has 0 aliphatic heterocycles. The zero-order valence-electron chi connectivity index (χ0n) is 16.3. The summed E-state index contributed by atoms with van der Waals surface area (Å²) in [6.45, 7) is 10.9. The van der Waals surface area contributed by atoms with Crippen LogP contribution in [0, 0.1) is 0 Å². The van der Waals surface area contributed by atoms with Gasteiger partial charge in [-0.05, 0) is 33.3 Å². The Bertz CT molecular complexity index is 541. The summed E-state index contributed by atoms with van der Waals surface area (Å²) in [7, 11) is 0. The topological polar surface area (TPSA) is 84.0 Å². The van der Waals surface area contributed by atoms with Crippen LogP contribution >= 0.6 is 0 Å². The van der Waals surface area contributed by atoms with Crippen molar-refractivity contribution in [3.05, 3.63) is 35.9 Å². The number of nitrogens with zero attached hydrogens (tertiary/aromatic N) is 1. The Hall–Kier alpha value is -2.28. The van der Waals surface area contributed by atoms with Crippen molar-refractivity contribution in [1.82, 2.24) is 16.0 Å². The predicted molar refractivity (Wildman–Crippen MR) is 104 cm³/mol. The lowest BCUT2D eigenvalue weighted by Gasteiger charge is -2.19. The second kappa shape index (κ2) is 12.1. The maximum Gasteiger partial charge on any atom is 0.407 e. The number of benzene rings is 1. The lowest BCUT2D eigenvalue weighted by Crippen LogP contribution is -2.42. The van der Waals surface area contributed by atoms with Gasteiger partial charge in [-0.25, -0.2) is 4.79 Å². The number of ether oxygens (including phenoxy) is 2. The lowest BCUT2D eigenvalue weighted by atomic mass is 10.2. The summed E-state index contributed by atoms with van der Waals surface area (Å²) in [5, 5.41) is 9.02. The van der Waals surface area contributed by atoms with Crippen LogP contribution in [0.2, 0.25) is 0 Å². The molecule has 0 unspecified atom stereocenters. The van der Waals surface area contributed by atoms with Crippen LogP contribution < -0.4 is 16.0 Å². The standard InChI is InChI=1S/C19H32N4O3/c1-5-20-17(21-11-12-23-18(24)26-19(2,3)4)22-13-14-25-15-16-9-7-6-8-10-16/h6-10H,5,11-15H2,1-4H3,(H,23,24)(H2,20,21,22). The normalized spacial score (nSPS) is 11.8. The quantitative estimate of drug-likeness (QED) is 0.356. The molecule has 0 fully saturated rings. The maximum absolute atomic E-state index is 11.6. The van der Waals surface area contributed by atoms with Gasteiger partial charge in [0.25, 0.3) is 0 Å². The molecule has 0 spiro atoms. The molecule has 0 saturated heterocycles. The van der Waals surface area contributed by atoms with E-state index in [1.54, 1.807) is 0 Å². The Labute approximate surface area is 156 Å². The molecule has 0 heterocycles. The van der Waals surface area contributed by atoms with E-state index in [4.69, 9.17) is 9.47 Å². The molecule has 1 rings (SSSR count). The van der Waals surface area contributed by atoms with Gasteiger partial charge in [-0.1, -0.05) is 30.3 Å². The second-order valence-electron chi connectivity index (χ2n) is 6.65. The molecule has 1 aromatic rings. The number of rotatable bonds is 9. The number of carbonyl (C=O) groups is 1. The average Bonchev–Trinajstić information content (AvgIpc) is 2.57. The van der Waals surface area contributed by atoms with E-state index in [-0.39, 0.29) is 0 Å². The van der Waals surface area contributed by atoms with Gasteiger partial charge in [0.05, 0.1) is 19.8 Å². The van der Waals surface area contributed by atoms with Crippen molar-refractivity contribution in [3.8, 4) is 0 Å². The summed E-state index contributed by atoms with van der Waals surface area (Å²) in [5.74, 6) is 0.696. The molecule has 0 aliphatic rings. The first-order chi connectivity index (χ1) is 12.4. The van der Waals surface area contributed by atoms with Gasteiger partial charge < -0.3 is 25.4 Å². The summed E-state index contributed by atoms with van der Waals surface area (Å²) in [4.78, 5) is 16.0. The molecule has 0 radical (unpaired) electrons. The molecule has 0 aromatic heterocycles. The smallest absolute Gasteiger partial charge is 0.407 e. The van der Waals surface area contributed by atoms with Gasteiger partial charge in [0.15, 0.2) is 5.96 Å². The number of aliphatic imine (C=N–C) groups is 1. The van der Waals surface area contributed by atoms with Crippen LogP contribution in [0.1, 0.15) is 33.3 Å². The van der Waals surface area contributed by atoms with E-state index in [0.29, 0.717) is 38.8 Å². The third-order valence-electron chi connectivity index (χ3n) is 3.05. The molecular weight excluding hydrogens is 332 g/mol. The van der Waals surface area contributed by atoms with Gasteiger partial charge in [0.2, 0.25) is 0 Å². The second-order valence-corrected chi connectivity index (χ2v) is 6.65. The monoisotopic (exact) mass is 364 g/mol. The third kappa shape index (κ3) is 11.3. The van der Waals surface area contributed by atoms with E-state index >= 15 is 0 Å². The Morgan fingerprint density at radius 3 is 2.42 bits per heavy atom. The van der Waals surface area contributed by atoms with Gasteiger partial charge in [-0.3, -0.25) is 4.99 Å². The number of nitrogens with one attached hydrogen (secondary N) is 3. The summed E-state index contributed by atoms with van der Waals surface area (Å²) >= 11 is 0. The van der Waals surface area contributed by atoms with Crippen LogP contribution in [0.3, 0.4) is 0 Å². The van der Waals surface area contributed by atoms with Crippen LogP contribution in [0.4, 0.5) is 4.79 Å². The molecule has 0 bridgehead atoms. The summed E-state index contributed by atoms with van der Waals surface area (Å²) in [5.41, 5.74) is 0.655. The van der Waals surface area contributed by atoms with E-state index in [1.165, 1.54) is 0 Å². The summed E-state index contributed by atoms with van der Waals surface area (Å²) in [6, 6.07) is 10.0. The number of amides is 1. The molecule has 1 aromatic carbocycles. The minimum atomic E-state index is -0.492. The fraction of sp³-hybridized carbons (Fsp3) is 0.579. The minimum Gasteiger partial charge on any atom is -0.444 e. The van der Waals surface area contributed by atoms with E-state index in [1.807, 2.05) is 58.0 Å². The molecular formula is C19H32N4O3. The zero-order valence-corrected chi connectivity index (χ0v) is 16.3. The first kappa shape index (κ1) is 21.8. The van der Waals surface area contributed by atoms with Gasteiger partial charge in [-0.2, -0.15) is 0 Å². The Morgan fingerprint density at radius 2 is 1.77 bits per heavy atom. The van der Waals surface area contributed by atoms with Crippen LogP contribution in [0.25, 0.3) is 0 Å². The molecule has 0 aliphatic carbocycles. The van der Waals surface area contributed by atoms with Gasteiger partial charge in [0, 0.05) is 19.6 Å². The largest absolute Gasteiger partial charge is 0.444 e. The molecule has 146 valence electrons. The van der Waals surface area contributed by atoms with Crippen LogP contribution in [-0.4, -0.2) is 50.4 Å². The SMILES string of the molecule is CCNC(=NCCOCc1ccccc1)NCCNC(=O)OC(C)(C)C. The number of hydrogen-bond donors (Lipinski definition) is 3. The summed E-state index contributed by atoms with van der Waals surface area (Å²) < 4.78 is 10.8. The minimum absolute atomic E-state index is 0.421. The van der Waals surface area contributed by atoms with Crippen molar-refractivity contribution in [2.45, 2.75) is 39.9 Å². The number of guanidine groups is 1. The van der Waals surface area contributed by atoms with E-state index in [0.717, 1.165) is 12.1 Å². The third-order valence-corrected chi connectivity index (χ3v) is 3.05. The highest BCUT2D eigenvalue weighted by atomic mass is 16.6. The average molecular weight is 364 g/mol. The number of carbonyl (C=O) groups excluding carboxylic acids is 1. The molecule has 0 saturated carbocycles. The molecule has 0 atom stereocenters. The van der Waals surface area contributed by atoms with Crippen molar-refractivity contribution >= 4 is 12.1 Å². The van der Waals surface area contributed by atoms with Crippen molar-refractivity contribution in [1.29, 1.82) is 0 Å². The van der Waals surface area contributed by atoms with Gasteiger partial charge >= 0.3 is 6.09 Å². The van der Waals surface area contributed by atoms with E-state index in [2.05, 4.69) is 20.9 Å². The van der Waals surface area contributed by atoms with Crippen molar-refractivity contribution in [2.75, 3.05) is 32.8 Å². The molecule has 7 nitrogen and oxygen atoms in total. The molecule has 1 amide bonds. The van der Waals surface area contributed by atoms with Crippen molar-refractivity contribution < 1.29 is 14.3 Å². The Morgan fingerprint density at radius 1 is 1.08 bits per heavy atom. The van der Waals surface area contributed by atoms with Crippen LogP contribution in [-0.2, 0) is 16.1 Å². The fourth-order valence-corrected chi connectivity index (χ4v) is 1.99. The van der Waals surface area contributed by atoms with E-state index in [9.17, 15) is 4.79 Å².